The summed E-state index contributed by atoms with van der Waals surface area (Å²) in [5, 5.41) is 14.6. The molecule has 29 heavy (non-hydrogen) atoms. The zero-order valence-electron chi connectivity index (χ0n) is 16.5. The molecule has 156 valence electrons. The van der Waals surface area contributed by atoms with E-state index in [0.29, 0.717) is 32.2 Å². The summed E-state index contributed by atoms with van der Waals surface area (Å²) in [4.78, 5) is 13.0. The predicted octanol–water partition coefficient (Wildman–Crippen LogP) is 2.66. The molecule has 6 nitrogen and oxygen atoms in total. The van der Waals surface area contributed by atoms with Crippen LogP contribution in [0.4, 0.5) is 0 Å². The van der Waals surface area contributed by atoms with Gasteiger partial charge in [0.05, 0.1) is 16.9 Å². The van der Waals surface area contributed by atoms with Crippen LogP contribution >= 0.6 is 0 Å². The van der Waals surface area contributed by atoms with E-state index in [9.17, 15) is 18.3 Å². The predicted molar refractivity (Wildman–Crippen MR) is 112 cm³/mol. The van der Waals surface area contributed by atoms with Gasteiger partial charge in [-0.05, 0) is 61.4 Å². The molecule has 1 saturated carbocycles. The lowest BCUT2D eigenvalue weighted by atomic mass is 9.92. The average molecular weight is 417 g/mol. The molecule has 1 aliphatic carbocycles. The summed E-state index contributed by atoms with van der Waals surface area (Å²) in [6.45, 7) is 0.658. The molecule has 1 atom stereocenters. The molecular weight excluding hydrogens is 388 g/mol. The summed E-state index contributed by atoms with van der Waals surface area (Å²) in [7, 11) is -3.64. The number of fused-ring (bicyclic) bond motifs is 1. The lowest BCUT2D eigenvalue weighted by Gasteiger charge is -2.33. The van der Waals surface area contributed by atoms with Gasteiger partial charge in [0.15, 0.2) is 0 Å². The second-order valence-corrected chi connectivity index (χ2v) is 10.2. The Morgan fingerprint density at radius 2 is 1.72 bits per heavy atom. The third-order valence-electron chi connectivity index (χ3n) is 6.16. The molecular formula is C22H28N2O4S. The molecule has 2 fully saturated rings. The molecule has 1 amide bonds. The number of aliphatic hydroxyl groups is 1. The van der Waals surface area contributed by atoms with Gasteiger partial charge in [-0.15, -0.1) is 0 Å². The zero-order chi connectivity index (χ0) is 20.4. The average Bonchev–Trinajstić information content (AvgIpc) is 2.75. The third kappa shape index (κ3) is 4.47. The molecule has 7 heteroatoms. The van der Waals surface area contributed by atoms with E-state index in [0.717, 1.165) is 23.6 Å². The molecule has 0 unspecified atom stereocenters. The van der Waals surface area contributed by atoms with E-state index >= 15 is 0 Å². The largest absolute Gasteiger partial charge is 0.393 e. The van der Waals surface area contributed by atoms with E-state index in [1.54, 1.807) is 12.1 Å². The van der Waals surface area contributed by atoms with Crippen molar-refractivity contribution in [1.29, 1.82) is 0 Å². The van der Waals surface area contributed by atoms with Crippen molar-refractivity contribution in [3.63, 3.8) is 0 Å². The van der Waals surface area contributed by atoms with Crippen molar-refractivity contribution < 1.29 is 18.3 Å². The first kappa shape index (κ1) is 20.3. The number of nitrogens with zero attached hydrogens (tertiary/aromatic N) is 1. The number of nitrogens with one attached hydrogen (secondary N) is 1. The number of rotatable bonds is 4. The highest BCUT2D eigenvalue weighted by Crippen LogP contribution is 2.27. The molecule has 1 aliphatic heterocycles. The number of benzene rings is 2. The summed E-state index contributed by atoms with van der Waals surface area (Å²) >= 11 is 0. The van der Waals surface area contributed by atoms with E-state index in [2.05, 4.69) is 5.32 Å². The third-order valence-corrected chi connectivity index (χ3v) is 8.02. The van der Waals surface area contributed by atoms with Crippen molar-refractivity contribution in [3.8, 4) is 0 Å². The van der Waals surface area contributed by atoms with Gasteiger partial charge in [0.1, 0.15) is 0 Å². The van der Waals surface area contributed by atoms with Crippen LogP contribution in [0.2, 0.25) is 0 Å². The molecule has 0 spiro atoms. The Balaban J connectivity index is 1.45. The lowest BCUT2D eigenvalue weighted by molar-refractivity contribution is -0.127. The SMILES string of the molecule is O=C(N[C@H]1CC[C@H](O)CC1)[C@H]1CCCN(S(=O)(=O)c2ccc3ccccc3c2)C1. The molecule has 4 rings (SSSR count). The van der Waals surface area contributed by atoms with Crippen molar-refractivity contribution in [1.82, 2.24) is 9.62 Å². The summed E-state index contributed by atoms with van der Waals surface area (Å²) < 4.78 is 27.8. The van der Waals surface area contributed by atoms with Crippen molar-refractivity contribution in [3.05, 3.63) is 42.5 Å². The Morgan fingerprint density at radius 3 is 2.48 bits per heavy atom. The van der Waals surface area contributed by atoms with Crippen LogP contribution in [0.25, 0.3) is 10.8 Å². The molecule has 1 heterocycles. The molecule has 0 aromatic heterocycles. The van der Waals surface area contributed by atoms with Gasteiger partial charge in [0.2, 0.25) is 15.9 Å². The van der Waals surface area contributed by atoms with E-state index in [1.165, 1.54) is 4.31 Å². The first-order chi connectivity index (χ1) is 13.9. The molecule has 2 aliphatic rings. The van der Waals surface area contributed by atoms with Crippen LogP contribution in [-0.2, 0) is 14.8 Å². The van der Waals surface area contributed by atoms with Gasteiger partial charge in [0.25, 0.3) is 0 Å². The summed E-state index contributed by atoms with van der Waals surface area (Å²) in [6.07, 6.45) is 4.08. The fourth-order valence-electron chi connectivity index (χ4n) is 4.39. The Kier molecular flexibility index (Phi) is 5.90. The minimum Gasteiger partial charge on any atom is -0.393 e. The second kappa shape index (κ2) is 8.42. The van der Waals surface area contributed by atoms with Crippen molar-refractivity contribution in [2.24, 2.45) is 5.92 Å². The van der Waals surface area contributed by atoms with Crippen LogP contribution in [0.15, 0.2) is 47.4 Å². The number of amides is 1. The Bertz CT molecular complexity index is 983. The Labute approximate surface area is 172 Å². The van der Waals surface area contributed by atoms with Gasteiger partial charge in [0, 0.05) is 19.1 Å². The number of hydrogen-bond donors (Lipinski definition) is 2. The molecule has 2 N–H and O–H groups in total. The van der Waals surface area contributed by atoms with Gasteiger partial charge < -0.3 is 10.4 Å². The number of carbonyl (C=O) groups is 1. The van der Waals surface area contributed by atoms with Crippen molar-refractivity contribution >= 4 is 26.7 Å². The van der Waals surface area contributed by atoms with Gasteiger partial charge in [-0.1, -0.05) is 30.3 Å². The monoisotopic (exact) mass is 416 g/mol. The van der Waals surface area contributed by atoms with E-state index in [-0.39, 0.29) is 35.4 Å². The van der Waals surface area contributed by atoms with Crippen LogP contribution < -0.4 is 5.32 Å². The minimum absolute atomic E-state index is 0.0650. The van der Waals surface area contributed by atoms with E-state index in [4.69, 9.17) is 0 Å². The highest BCUT2D eigenvalue weighted by Gasteiger charge is 2.34. The number of carbonyl (C=O) groups excluding carboxylic acids is 1. The standard InChI is InChI=1S/C22H28N2O4S/c25-20-10-8-19(9-11-20)23-22(26)18-6-3-13-24(15-18)29(27,28)21-12-7-16-4-1-2-5-17(16)14-21/h1-2,4-5,7,12,14,18-20,25H,3,6,8-11,13,15H2,(H,23,26)/t18-,19-,20-/m0/s1. The zero-order valence-corrected chi connectivity index (χ0v) is 17.3. The molecule has 0 bridgehead atoms. The van der Waals surface area contributed by atoms with Crippen LogP contribution in [0, 0.1) is 5.92 Å². The maximum atomic E-state index is 13.2. The van der Waals surface area contributed by atoms with Crippen LogP contribution in [0.3, 0.4) is 0 Å². The molecule has 2 aromatic carbocycles. The van der Waals surface area contributed by atoms with Gasteiger partial charge in [-0.25, -0.2) is 8.42 Å². The second-order valence-electron chi connectivity index (χ2n) is 8.23. The summed E-state index contributed by atoms with van der Waals surface area (Å²) in [5.41, 5.74) is 0. The molecule has 1 saturated heterocycles. The summed E-state index contributed by atoms with van der Waals surface area (Å²) in [5.74, 6) is -0.393. The topological polar surface area (TPSA) is 86.7 Å². The van der Waals surface area contributed by atoms with E-state index in [1.807, 2.05) is 30.3 Å². The lowest BCUT2D eigenvalue weighted by Crippen LogP contribution is -2.48. The molecule has 2 aromatic rings. The van der Waals surface area contributed by atoms with E-state index < -0.39 is 10.0 Å². The Morgan fingerprint density at radius 1 is 1.00 bits per heavy atom. The van der Waals surface area contributed by atoms with Crippen molar-refractivity contribution in [2.75, 3.05) is 13.1 Å². The quantitative estimate of drug-likeness (QED) is 0.802. The van der Waals surface area contributed by atoms with Crippen LogP contribution in [0.5, 0.6) is 0 Å². The highest BCUT2D eigenvalue weighted by atomic mass is 32.2. The smallest absolute Gasteiger partial charge is 0.243 e. The van der Waals surface area contributed by atoms with Crippen LogP contribution in [-0.4, -0.2) is 49.0 Å². The first-order valence-corrected chi connectivity index (χ1v) is 11.8. The number of sulfonamides is 1. The van der Waals surface area contributed by atoms with Gasteiger partial charge in [-0.3, -0.25) is 4.79 Å². The first-order valence-electron chi connectivity index (χ1n) is 10.4. The molecule has 0 radical (unpaired) electrons. The minimum atomic E-state index is -3.64. The summed E-state index contributed by atoms with van der Waals surface area (Å²) in [6, 6.07) is 12.9. The normalized spacial score (nSPS) is 26.3. The maximum absolute atomic E-state index is 13.2. The Hall–Kier alpha value is -1.96. The number of piperidine rings is 1. The number of aliphatic hydroxyl groups excluding tert-OH is 1. The fraction of sp³-hybridized carbons (Fsp3) is 0.500. The highest BCUT2D eigenvalue weighted by molar-refractivity contribution is 7.89. The number of hydrogen-bond acceptors (Lipinski definition) is 4. The van der Waals surface area contributed by atoms with Crippen LogP contribution in [0.1, 0.15) is 38.5 Å². The maximum Gasteiger partial charge on any atom is 0.243 e. The van der Waals surface area contributed by atoms with Gasteiger partial charge >= 0.3 is 0 Å². The fourth-order valence-corrected chi connectivity index (χ4v) is 5.95. The van der Waals surface area contributed by atoms with Gasteiger partial charge in [-0.2, -0.15) is 4.31 Å². The van der Waals surface area contributed by atoms with Crippen molar-refractivity contribution in [2.45, 2.75) is 55.6 Å².